The number of carbonyl (C=O) groups excluding carboxylic acids is 1. The van der Waals surface area contributed by atoms with Crippen molar-refractivity contribution in [2.45, 2.75) is 13.5 Å². The van der Waals surface area contributed by atoms with Gasteiger partial charge in [0.2, 0.25) is 5.56 Å². The summed E-state index contributed by atoms with van der Waals surface area (Å²) in [7, 11) is 3.11. The first-order valence-corrected chi connectivity index (χ1v) is 8.04. The average Bonchev–Trinajstić information content (AvgIpc) is 2.65. The van der Waals surface area contributed by atoms with Gasteiger partial charge in [-0.2, -0.15) is 0 Å². The molecule has 0 unspecified atom stereocenters. The number of aromatic nitrogens is 1. The molecule has 6 heteroatoms. The Morgan fingerprint density at radius 2 is 1.73 bits per heavy atom. The number of esters is 1. The van der Waals surface area contributed by atoms with Gasteiger partial charge in [-0.25, -0.2) is 4.79 Å². The molecule has 2 aromatic carbocycles. The van der Waals surface area contributed by atoms with Crippen LogP contribution in [0.1, 0.15) is 21.5 Å². The molecule has 1 aromatic heterocycles. The lowest BCUT2D eigenvalue weighted by atomic mass is 10.1. The normalized spacial score (nSPS) is 10.6. The van der Waals surface area contributed by atoms with Gasteiger partial charge in [-0.15, -0.1) is 0 Å². The number of rotatable bonds is 5. The predicted octanol–water partition coefficient (Wildman–Crippen LogP) is 3.21. The molecule has 0 fully saturated rings. The molecule has 0 aliphatic carbocycles. The zero-order chi connectivity index (χ0) is 18.7. The number of carbonyl (C=O) groups is 1. The summed E-state index contributed by atoms with van der Waals surface area (Å²) >= 11 is 0. The minimum Gasteiger partial charge on any atom is -0.493 e. The molecule has 0 atom stereocenters. The summed E-state index contributed by atoms with van der Waals surface area (Å²) in [6.45, 7) is 1.96. The molecule has 0 radical (unpaired) electrons. The lowest BCUT2D eigenvalue weighted by Crippen LogP contribution is -2.13. The number of benzene rings is 2. The van der Waals surface area contributed by atoms with Gasteiger partial charge in [0.15, 0.2) is 11.5 Å². The highest BCUT2D eigenvalue weighted by molar-refractivity contribution is 6.03. The number of aromatic amines is 1. The summed E-state index contributed by atoms with van der Waals surface area (Å²) in [5.74, 6) is 0.618. The number of nitrogens with one attached hydrogen (secondary N) is 1. The van der Waals surface area contributed by atoms with E-state index in [1.807, 2.05) is 13.0 Å². The molecule has 0 saturated carbocycles. The molecule has 0 aliphatic heterocycles. The fraction of sp³-hybridized carbons (Fsp3) is 0.200. The highest BCUT2D eigenvalue weighted by Crippen LogP contribution is 2.30. The Morgan fingerprint density at radius 1 is 1.04 bits per heavy atom. The number of para-hydroxylation sites is 1. The van der Waals surface area contributed by atoms with E-state index in [9.17, 15) is 9.59 Å². The number of pyridine rings is 1. The third kappa shape index (κ3) is 3.39. The summed E-state index contributed by atoms with van der Waals surface area (Å²) in [6.07, 6.45) is 0. The maximum absolute atomic E-state index is 12.5. The van der Waals surface area contributed by atoms with Gasteiger partial charge in [0.1, 0.15) is 6.61 Å². The van der Waals surface area contributed by atoms with Gasteiger partial charge in [-0.1, -0.05) is 18.2 Å². The molecule has 1 heterocycles. The molecular formula is C20H19NO5. The maximum atomic E-state index is 12.5. The van der Waals surface area contributed by atoms with Crippen LogP contribution in [0.25, 0.3) is 10.9 Å². The summed E-state index contributed by atoms with van der Waals surface area (Å²) < 4.78 is 16.0. The van der Waals surface area contributed by atoms with Gasteiger partial charge in [-0.3, -0.25) is 4.79 Å². The van der Waals surface area contributed by atoms with Crippen LogP contribution in [0.3, 0.4) is 0 Å². The number of aryl methyl sites for hydroxylation is 1. The van der Waals surface area contributed by atoms with Crippen molar-refractivity contribution in [3.8, 4) is 11.5 Å². The van der Waals surface area contributed by atoms with E-state index in [-0.39, 0.29) is 17.7 Å². The van der Waals surface area contributed by atoms with E-state index >= 15 is 0 Å². The zero-order valence-corrected chi connectivity index (χ0v) is 14.8. The number of ether oxygens (including phenoxy) is 3. The van der Waals surface area contributed by atoms with Crippen LogP contribution in [0.2, 0.25) is 0 Å². The standard InChI is InChI=1S/C20H19NO5/c1-12-8-17(24-2)18(25-3)9-13(12)11-26-20(23)15-10-19(22)21-16-7-5-4-6-14(15)16/h4-10H,11H2,1-3H3,(H,21,22). The van der Waals surface area contributed by atoms with Gasteiger partial charge in [0.25, 0.3) is 0 Å². The van der Waals surface area contributed by atoms with Crippen molar-refractivity contribution >= 4 is 16.9 Å². The molecule has 0 spiro atoms. The molecule has 0 amide bonds. The van der Waals surface area contributed by atoms with Crippen LogP contribution in [0, 0.1) is 6.92 Å². The Bertz CT molecular complexity index is 1020. The fourth-order valence-electron chi connectivity index (χ4n) is 2.77. The lowest BCUT2D eigenvalue weighted by Gasteiger charge is -2.13. The van der Waals surface area contributed by atoms with Crippen LogP contribution in [0.5, 0.6) is 11.5 Å². The van der Waals surface area contributed by atoms with Crippen molar-refractivity contribution in [1.29, 1.82) is 0 Å². The Labute approximate surface area is 150 Å². The first kappa shape index (κ1) is 17.5. The molecule has 1 N–H and O–H groups in total. The van der Waals surface area contributed by atoms with E-state index in [2.05, 4.69) is 4.98 Å². The fourth-order valence-corrected chi connectivity index (χ4v) is 2.77. The predicted molar refractivity (Wildman–Crippen MR) is 98.0 cm³/mol. The minimum atomic E-state index is -0.554. The minimum absolute atomic E-state index is 0.0617. The third-order valence-electron chi connectivity index (χ3n) is 4.17. The van der Waals surface area contributed by atoms with Gasteiger partial charge in [0.05, 0.1) is 19.8 Å². The quantitative estimate of drug-likeness (QED) is 0.713. The van der Waals surface area contributed by atoms with E-state index in [0.717, 1.165) is 11.1 Å². The Hall–Kier alpha value is -3.28. The van der Waals surface area contributed by atoms with E-state index in [0.29, 0.717) is 22.4 Å². The largest absolute Gasteiger partial charge is 0.493 e. The highest BCUT2D eigenvalue weighted by Gasteiger charge is 2.15. The molecule has 3 rings (SSSR count). The van der Waals surface area contributed by atoms with Crippen molar-refractivity contribution < 1.29 is 19.0 Å². The Kier molecular flexibility index (Phi) is 4.93. The van der Waals surface area contributed by atoms with Crippen molar-refractivity contribution in [2.75, 3.05) is 14.2 Å². The van der Waals surface area contributed by atoms with Gasteiger partial charge < -0.3 is 19.2 Å². The first-order chi connectivity index (χ1) is 12.5. The highest BCUT2D eigenvalue weighted by atomic mass is 16.5. The second-order valence-corrected chi connectivity index (χ2v) is 5.80. The van der Waals surface area contributed by atoms with Crippen molar-refractivity contribution in [3.63, 3.8) is 0 Å². The van der Waals surface area contributed by atoms with E-state index in [1.54, 1.807) is 44.6 Å². The second kappa shape index (κ2) is 7.31. The Balaban J connectivity index is 1.87. The molecule has 3 aromatic rings. The zero-order valence-electron chi connectivity index (χ0n) is 14.8. The summed E-state index contributed by atoms with van der Waals surface area (Å²) in [4.78, 5) is 27.0. The summed E-state index contributed by atoms with van der Waals surface area (Å²) in [6, 6.07) is 12.0. The maximum Gasteiger partial charge on any atom is 0.339 e. The average molecular weight is 353 g/mol. The monoisotopic (exact) mass is 353 g/mol. The second-order valence-electron chi connectivity index (χ2n) is 5.80. The van der Waals surface area contributed by atoms with Crippen LogP contribution in [0.15, 0.2) is 47.3 Å². The van der Waals surface area contributed by atoms with Crippen LogP contribution < -0.4 is 15.0 Å². The molecule has 0 bridgehead atoms. The Morgan fingerprint density at radius 3 is 2.46 bits per heavy atom. The topological polar surface area (TPSA) is 77.6 Å². The van der Waals surface area contributed by atoms with Crippen molar-refractivity contribution in [3.05, 3.63) is 69.5 Å². The number of fused-ring (bicyclic) bond motifs is 1. The van der Waals surface area contributed by atoms with Crippen LogP contribution in [-0.2, 0) is 11.3 Å². The lowest BCUT2D eigenvalue weighted by molar-refractivity contribution is 0.0474. The summed E-state index contributed by atoms with van der Waals surface area (Å²) in [5.41, 5.74) is 2.19. The SMILES string of the molecule is COc1cc(C)c(COC(=O)c2cc(=O)[nH]c3ccccc23)cc1OC. The molecule has 6 nitrogen and oxygen atoms in total. The molecule has 0 saturated heterocycles. The van der Waals surface area contributed by atoms with Crippen molar-refractivity contribution in [2.24, 2.45) is 0 Å². The smallest absolute Gasteiger partial charge is 0.339 e. The molecular weight excluding hydrogens is 334 g/mol. The van der Waals surface area contributed by atoms with Crippen molar-refractivity contribution in [1.82, 2.24) is 4.98 Å². The van der Waals surface area contributed by atoms with E-state index in [4.69, 9.17) is 14.2 Å². The molecule has 134 valence electrons. The van der Waals surface area contributed by atoms with Crippen LogP contribution >= 0.6 is 0 Å². The number of hydrogen-bond donors (Lipinski definition) is 1. The third-order valence-corrected chi connectivity index (χ3v) is 4.17. The molecule has 26 heavy (non-hydrogen) atoms. The number of hydrogen-bond acceptors (Lipinski definition) is 5. The number of methoxy groups -OCH3 is 2. The first-order valence-electron chi connectivity index (χ1n) is 8.04. The van der Waals surface area contributed by atoms with E-state index < -0.39 is 5.97 Å². The summed E-state index contributed by atoms with van der Waals surface area (Å²) in [5, 5.41) is 0.640. The van der Waals surface area contributed by atoms with Crippen LogP contribution in [-0.4, -0.2) is 25.2 Å². The van der Waals surface area contributed by atoms with Gasteiger partial charge in [0, 0.05) is 17.0 Å². The van der Waals surface area contributed by atoms with Gasteiger partial charge in [-0.05, 0) is 36.2 Å². The van der Waals surface area contributed by atoms with E-state index in [1.165, 1.54) is 6.07 Å². The number of H-pyrrole nitrogens is 1. The molecule has 0 aliphatic rings. The van der Waals surface area contributed by atoms with Crippen LogP contribution in [0.4, 0.5) is 0 Å². The van der Waals surface area contributed by atoms with Gasteiger partial charge >= 0.3 is 5.97 Å².